The van der Waals surface area contributed by atoms with E-state index >= 15 is 0 Å². The van der Waals surface area contributed by atoms with Crippen molar-refractivity contribution in [3.05, 3.63) is 12.2 Å². The molecule has 0 spiro atoms. The molecule has 0 atom stereocenters. The van der Waals surface area contributed by atoms with Crippen molar-refractivity contribution >= 4 is 12.0 Å². The van der Waals surface area contributed by atoms with E-state index in [9.17, 15) is 4.79 Å². The Morgan fingerprint density at radius 1 is 1.05 bits per heavy atom. The molecule has 0 aromatic carbocycles. The third-order valence-corrected chi connectivity index (χ3v) is 1.76. The van der Waals surface area contributed by atoms with Crippen LogP contribution in [0.3, 0.4) is 0 Å². The van der Waals surface area contributed by atoms with Crippen LogP contribution in [0.15, 0.2) is 12.2 Å². The van der Waals surface area contributed by atoms with Crippen LogP contribution in [0.4, 0.5) is 0 Å². The minimum atomic E-state index is -0.387. The van der Waals surface area contributed by atoms with Gasteiger partial charge in [0.2, 0.25) is 6.08 Å². The standard InChI is InChI=1S/C12H22O5.CHNO/c1-4-14-5-6-15-7-8-16-9-10-17-12(13)11(2)3;2-1-3/h2,4-10H2,1,3H3;2H. The molecule has 0 aromatic rings. The first-order chi connectivity index (χ1) is 9.59. The molecular weight excluding hydrogens is 266 g/mol. The number of ether oxygens (including phenoxy) is 4. The zero-order chi connectivity index (χ0) is 15.6. The summed E-state index contributed by atoms with van der Waals surface area (Å²) in [6, 6.07) is 0. The van der Waals surface area contributed by atoms with E-state index in [0.717, 1.165) is 6.08 Å². The van der Waals surface area contributed by atoms with Crippen LogP contribution in [-0.2, 0) is 28.5 Å². The van der Waals surface area contributed by atoms with Crippen LogP contribution < -0.4 is 0 Å². The average molecular weight is 289 g/mol. The lowest BCUT2D eigenvalue weighted by Gasteiger charge is -2.06. The fourth-order valence-electron chi connectivity index (χ4n) is 0.901. The molecule has 116 valence electrons. The Kier molecular flexibility index (Phi) is 18.2. The number of carbonyl (C=O) groups is 1. The van der Waals surface area contributed by atoms with Gasteiger partial charge in [0.15, 0.2) is 0 Å². The molecule has 0 heterocycles. The molecule has 0 bridgehead atoms. The number of carbonyl (C=O) groups excluding carboxylic acids is 2. The van der Waals surface area contributed by atoms with Gasteiger partial charge in [-0.25, -0.2) is 15.0 Å². The molecule has 7 heteroatoms. The Hall–Kier alpha value is -1.53. The summed E-state index contributed by atoms with van der Waals surface area (Å²) < 4.78 is 20.4. The van der Waals surface area contributed by atoms with Gasteiger partial charge in [0.05, 0.1) is 33.0 Å². The van der Waals surface area contributed by atoms with Crippen molar-refractivity contribution in [1.29, 1.82) is 5.41 Å². The minimum absolute atomic E-state index is 0.241. The summed E-state index contributed by atoms with van der Waals surface area (Å²) in [5.41, 5.74) is 0.393. The summed E-state index contributed by atoms with van der Waals surface area (Å²) >= 11 is 0. The second kappa shape index (κ2) is 17.5. The van der Waals surface area contributed by atoms with E-state index in [0.29, 0.717) is 45.2 Å². The van der Waals surface area contributed by atoms with E-state index in [2.05, 4.69) is 6.58 Å². The number of hydrogen-bond donors (Lipinski definition) is 1. The Bertz CT molecular complexity index is 287. The zero-order valence-corrected chi connectivity index (χ0v) is 12.1. The molecule has 0 aromatic heterocycles. The summed E-state index contributed by atoms with van der Waals surface area (Å²) in [4.78, 5) is 19.3. The van der Waals surface area contributed by atoms with E-state index in [1.165, 1.54) is 0 Å². The van der Waals surface area contributed by atoms with E-state index < -0.39 is 0 Å². The van der Waals surface area contributed by atoms with Gasteiger partial charge >= 0.3 is 5.97 Å². The van der Waals surface area contributed by atoms with E-state index in [4.69, 9.17) is 29.2 Å². The number of rotatable bonds is 11. The predicted molar refractivity (Wildman–Crippen MR) is 72.3 cm³/mol. The Labute approximate surface area is 119 Å². The van der Waals surface area contributed by atoms with Crippen molar-refractivity contribution in [3.63, 3.8) is 0 Å². The number of esters is 1. The summed E-state index contributed by atoms with van der Waals surface area (Å²) in [5.74, 6) is -0.387. The summed E-state index contributed by atoms with van der Waals surface area (Å²) in [6.07, 6.45) is 0.750. The first-order valence-electron chi connectivity index (χ1n) is 6.19. The monoisotopic (exact) mass is 289 g/mol. The highest BCUT2D eigenvalue weighted by molar-refractivity contribution is 5.86. The summed E-state index contributed by atoms with van der Waals surface area (Å²) in [7, 11) is 0. The normalized spacial score (nSPS) is 9.10. The third kappa shape index (κ3) is 18.8. The lowest BCUT2D eigenvalue weighted by Crippen LogP contribution is -2.14. The maximum atomic E-state index is 11.0. The van der Waals surface area contributed by atoms with Crippen LogP contribution in [0.1, 0.15) is 13.8 Å². The lowest BCUT2D eigenvalue weighted by molar-refractivity contribution is -0.140. The Morgan fingerprint density at radius 2 is 1.45 bits per heavy atom. The van der Waals surface area contributed by atoms with Crippen molar-refractivity contribution in [2.45, 2.75) is 13.8 Å². The fourth-order valence-corrected chi connectivity index (χ4v) is 0.901. The van der Waals surface area contributed by atoms with Crippen molar-refractivity contribution in [3.8, 4) is 0 Å². The highest BCUT2D eigenvalue weighted by Gasteiger charge is 2.01. The molecule has 0 aliphatic heterocycles. The highest BCUT2D eigenvalue weighted by atomic mass is 16.6. The maximum Gasteiger partial charge on any atom is 0.333 e. The van der Waals surface area contributed by atoms with E-state index in [1.54, 1.807) is 6.92 Å². The molecule has 0 unspecified atom stereocenters. The first-order valence-corrected chi connectivity index (χ1v) is 6.19. The molecule has 1 N–H and O–H groups in total. The smallest absolute Gasteiger partial charge is 0.333 e. The summed E-state index contributed by atoms with van der Waals surface area (Å²) in [6.45, 7) is 10.5. The fraction of sp³-hybridized carbons (Fsp3) is 0.692. The van der Waals surface area contributed by atoms with Gasteiger partial charge in [-0.2, -0.15) is 0 Å². The minimum Gasteiger partial charge on any atom is -0.460 e. The number of hydrogen-bond acceptors (Lipinski definition) is 7. The topological polar surface area (TPSA) is 94.9 Å². The molecular formula is C13H23NO6. The van der Waals surface area contributed by atoms with Gasteiger partial charge in [0.1, 0.15) is 6.61 Å². The van der Waals surface area contributed by atoms with Crippen molar-refractivity contribution < 1.29 is 28.5 Å². The molecule has 0 amide bonds. The molecule has 0 aliphatic carbocycles. The summed E-state index contributed by atoms with van der Waals surface area (Å²) in [5, 5.41) is 5.40. The van der Waals surface area contributed by atoms with Crippen LogP contribution in [0.25, 0.3) is 0 Å². The van der Waals surface area contributed by atoms with E-state index in [-0.39, 0.29) is 12.6 Å². The van der Waals surface area contributed by atoms with Gasteiger partial charge in [-0.1, -0.05) is 6.58 Å². The number of nitrogens with one attached hydrogen (secondary N) is 1. The van der Waals surface area contributed by atoms with Gasteiger partial charge in [-0.15, -0.1) is 0 Å². The predicted octanol–water partition coefficient (Wildman–Crippen LogP) is 1.08. The zero-order valence-electron chi connectivity index (χ0n) is 12.1. The van der Waals surface area contributed by atoms with Crippen molar-refractivity contribution in [2.24, 2.45) is 0 Å². The van der Waals surface area contributed by atoms with Crippen LogP contribution in [-0.4, -0.2) is 58.3 Å². The number of isocyanates is 1. The molecule has 0 saturated carbocycles. The maximum absolute atomic E-state index is 11.0. The molecule has 0 fully saturated rings. The van der Waals surface area contributed by atoms with Gasteiger partial charge < -0.3 is 18.9 Å². The van der Waals surface area contributed by atoms with Gasteiger partial charge in [0, 0.05) is 12.2 Å². The molecule has 0 aliphatic rings. The largest absolute Gasteiger partial charge is 0.460 e. The molecule has 0 saturated heterocycles. The van der Waals surface area contributed by atoms with E-state index in [1.807, 2.05) is 6.92 Å². The second-order valence-electron chi connectivity index (χ2n) is 3.44. The van der Waals surface area contributed by atoms with Crippen LogP contribution in [0, 0.1) is 5.41 Å². The van der Waals surface area contributed by atoms with Crippen LogP contribution in [0.5, 0.6) is 0 Å². The lowest BCUT2D eigenvalue weighted by atomic mass is 10.4. The van der Waals surface area contributed by atoms with Crippen molar-refractivity contribution in [2.75, 3.05) is 46.2 Å². The quantitative estimate of drug-likeness (QED) is 0.201. The molecule has 20 heavy (non-hydrogen) atoms. The molecule has 0 radical (unpaired) electrons. The molecule has 0 rings (SSSR count). The van der Waals surface area contributed by atoms with Crippen molar-refractivity contribution in [1.82, 2.24) is 0 Å². The third-order valence-electron chi connectivity index (χ3n) is 1.76. The first kappa shape index (κ1) is 20.8. The average Bonchev–Trinajstić information content (AvgIpc) is 2.41. The Balaban J connectivity index is 0. The van der Waals surface area contributed by atoms with Gasteiger partial charge in [0.25, 0.3) is 0 Å². The second-order valence-corrected chi connectivity index (χ2v) is 3.44. The Morgan fingerprint density at radius 3 is 1.85 bits per heavy atom. The molecule has 7 nitrogen and oxygen atoms in total. The SMILES string of the molecule is C=C(C)C(=O)OCCOCCOCCOCC.N=C=O. The van der Waals surface area contributed by atoms with Crippen LogP contribution >= 0.6 is 0 Å². The van der Waals surface area contributed by atoms with Crippen LogP contribution in [0.2, 0.25) is 0 Å². The van der Waals surface area contributed by atoms with Gasteiger partial charge in [-0.3, -0.25) is 0 Å². The highest BCUT2D eigenvalue weighted by Crippen LogP contribution is 1.91. The van der Waals surface area contributed by atoms with Gasteiger partial charge in [-0.05, 0) is 13.8 Å².